The molecule has 0 spiro atoms. The first-order valence-electron chi connectivity index (χ1n) is 5.90. The standard InChI is InChI=1S/C15H15NO2/c1-11(2)15(17)14-10-13(8-9-16-14)18-12-6-4-3-5-7-12/h3-11H,1-2H3. The number of carbonyl (C=O) groups excluding carboxylic acids is 1. The van der Waals surface area contributed by atoms with E-state index in [0.717, 1.165) is 5.75 Å². The minimum atomic E-state index is -0.0653. The molecule has 1 heterocycles. The summed E-state index contributed by atoms with van der Waals surface area (Å²) < 4.78 is 5.66. The van der Waals surface area contributed by atoms with Crippen LogP contribution in [0.4, 0.5) is 0 Å². The van der Waals surface area contributed by atoms with Gasteiger partial charge in [-0.15, -0.1) is 0 Å². The molecule has 0 aliphatic rings. The maximum absolute atomic E-state index is 11.8. The van der Waals surface area contributed by atoms with Crippen LogP contribution in [0, 0.1) is 5.92 Å². The summed E-state index contributed by atoms with van der Waals surface area (Å²) in [6, 6.07) is 12.9. The highest BCUT2D eigenvalue weighted by atomic mass is 16.5. The molecule has 0 unspecified atom stereocenters. The summed E-state index contributed by atoms with van der Waals surface area (Å²) in [5, 5.41) is 0. The second-order valence-corrected chi connectivity index (χ2v) is 4.31. The molecule has 3 nitrogen and oxygen atoms in total. The van der Waals surface area contributed by atoms with Gasteiger partial charge in [0.05, 0.1) is 0 Å². The third kappa shape index (κ3) is 2.94. The summed E-state index contributed by atoms with van der Waals surface area (Å²) >= 11 is 0. The van der Waals surface area contributed by atoms with Crippen molar-refractivity contribution in [3.05, 3.63) is 54.4 Å². The third-order valence-electron chi connectivity index (χ3n) is 2.49. The number of aromatic nitrogens is 1. The average molecular weight is 241 g/mol. The Balaban J connectivity index is 2.20. The zero-order valence-corrected chi connectivity index (χ0v) is 10.5. The molecule has 2 rings (SSSR count). The van der Waals surface area contributed by atoms with Crippen LogP contribution in [-0.4, -0.2) is 10.8 Å². The smallest absolute Gasteiger partial charge is 0.183 e. The number of ketones is 1. The van der Waals surface area contributed by atoms with E-state index in [9.17, 15) is 4.79 Å². The minimum absolute atomic E-state index is 0.0218. The predicted octanol–water partition coefficient (Wildman–Crippen LogP) is 3.71. The Morgan fingerprint density at radius 3 is 2.50 bits per heavy atom. The number of carbonyl (C=O) groups is 1. The molecule has 0 amide bonds. The molecule has 0 atom stereocenters. The van der Waals surface area contributed by atoms with Gasteiger partial charge in [-0.05, 0) is 18.2 Å². The van der Waals surface area contributed by atoms with Crippen LogP contribution in [0.1, 0.15) is 24.3 Å². The second-order valence-electron chi connectivity index (χ2n) is 4.31. The molecule has 18 heavy (non-hydrogen) atoms. The number of nitrogens with zero attached hydrogens (tertiary/aromatic N) is 1. The highest BCUT2D eigenvalue weighted by molar-refractivity contribution is 5.95. The topological polar surface area (TPSA) is 39.2 Å². The first-order chi connectivity index (χ1) is 8.66. The van der Waals surface area contributed by atoms with Crippen molar-refractivity contribution >= 4 is 5.78 Å². The van der Waals surface area contributed by atoms with E-state index in [0.29, 0.717) is 11.4 Å². The maximum Gasteiger partial charge on any atom is 0.183 e. The number of benzene rings is 1. The molecular formula is C15H15NO2. The van der Waals surface area contributed by atoms with Gasteiger partial charge in [0, 0.05) is 18.2 Å². The highest BCUT2D eigenvalue weighted by Gasteiger charge is 2.12. The van der Waals surface area contributed by atoms with E-state index in [1.807, 2.05) is 44.2 Å². The zero-order chi connectivity index (χ0) is 13.0. The molecule has 0 radical (unpaired) electrons. The fourth-order valence-corrected chi connectivity index (χ4v) is 1.53. The van der Waals surface area contributed by atoms with Gasteiger partial charge in [0.1, 0.15) is 17.2 Å². The molecule has 2 aromatic rings. The van der Waals surface area contributed by atoms with Gasteiger partial charge in [0.2, 0.25) is 0 Å². The SMILES string of the molecule is CC(C)C(=O)c1cc(Oc2ccccc2)ccn1. The molecule has 0 aliphatic heterocycles. The molecule has 0 bridgehead atoms. The van der Waals surface area contributed by atoms with Crippen LogP contribution in [0.5, 0.6) is 11.5 Å². The number of hydrogen-bond acceptors (Lipinski definition) is 3. The Bertz CT molecular complexity index is 535. The number of ether oxygens (including phenoxy) is 1. The lowest BCUT2D eigenvalue weighted by atomic mass is 10.1. The van der Waals surface area contributed by atoms with Gasteiger partial charge in [-0.2, -0.15) is 0 Å². The molecular weight excluding hydrogens is 226 g/mol. The van der Waals surface area contributed by atoms with Crippen molar-refractivity contribution in [2.45, 2.75) is 13.8 Å². The molecule has 0 saturated carbocycles. The van der Waals surface area contributed by atoms with Gasteiger partial charge >= 0.3 is 0 Å². The fraction of sp³-hybridized carbons (Fsp3) is 0.200. The molecule has 3 heteroatoms. The normalized spacial score (nSPS) is 10.4. The van der Waals surface area contributed by atoms with Gasteiger partial charge in [0.25, 0.3) is 0 Å². The van der Waals surface area contributed by atoms with Crippen LogP contribution < -0.4 is 4.74 Å². The van der Waals surface area contributed by atoms with Crippen molar-refractivity contribution in [3.63, 3.8) is 0 Å². The third-order valence-corrected chi connectivity index (χ3v) is 2.49. The summed E-state index contributed by atoms with van der Waals surface area (Å²) in [5.41, 5.74) is 0.443. The molecule has 0 fully saturated rings. The first kappa shape index (κ1) is 12.3. The molecule has 0 N–H and O–H groups in total. The minimum Gasteiger partial charge on any atom is -0.457 e. The molecule has 0 aliphatic carbocycles. The van der Waals surface area contributed by atoms with E-state index < -0.39 is 0 Å². The summed E-state index contributed by atoms with van der Waals surface area (Å²) in [6.45, 7) is 3.71. The van der Waals surface area contributed by atoms with E-state index in [-0.39, 0.29) is 11.7 Å². The Morgan fingerprint density at radius 1 is 1.11 bits per heavy atom. The Kier molecular flexibility index (Phi) is 3.72. The number of para-hydroxylation sites is 1. The summed E-state index contributed by atoms with van der Waals surface area (Å²) in [4.78, 5) is 15.9. The number of Topliss-reactive ketones (excluding diaryl/α,β-unsaturated/α-hetero) is 1. The van der Waals surface area contributed by atoms with Crippen LogP contribution >= 0.6 is 0 Å². The Hall–Kier alpha value is -2.16. The lowest BCUT2D eigenvalue weighted by molar-refractivity contribution is 0.0934. The highest BCUT2D eigenvalue weighted by Crippen LogP contribution is 2.21. The van der Waals surface area contributed by atoms with Crippen molar-refractivity contribution < 1.29 is 9.53 Å². The maximum atomic E-state index is 11.8. The summed E-state index contributed by atoms with van der Waals surface area (Å²) in [5.74, 6) is 1.32. The second kappa shape index (κ2) is 5.45. The van der Waals surface area contributed by atoms with Crippen LogP contribution in [0.3, 0.4) is 0 Å². The van der Waals surface area contributed by atoms with Crippen LogP contribution in [0.2, 0.25) is 0 Å². The van der Waals surface area contributed by atoms with Crippen LogP contribution in [0.15, 0.2) is 48.7 Å². The van der Waals surface area contributed by atoms with Gasteiger partial charge in [-0.25, -0.2) is 0 Å². The number of rotatable bonds is 4. The van der Waals surface area contributed by atoms with Gasteiger partial charge in [0.15, 0.2) is 5.78 Å². The Morgan fingerprint density at radius 2 is 1.83 bits per heavy atom. The number of hydrogen-bond donors (Lipinski definition) is 0. The lowest BCUT2D eigenvalue weighted by Crippen LogP contribution is -2.09. The average Bonchev–Trinajstić information content (AvgIpc) is 2.39. The van der Waals surface area contributed by atoms with Crippen molar-refractivity contribution in [1.29, 1.82) is 0 Å². The van der Waals surface area contributed by atoms with E-state index in [2.05, 4.69) is 4.98 Å². The quantitative estimate of drug-likeness (QED) is 0.766. The van der Waals surface area contributed by atoms with Crippen LogP contribution in [-0.2, 0) is 0 Å². The van der Waals surface area contributed by atoms with Crippen molar-refractivity contribution in [3.8, 4) is 11.5 Å². The van der Waals surface area contributed by atoms with Crippen LogP contribution in [0.25, 0.3) is 0 Å². The molecule has 0 saturated heterocycles. The van der Waals surface area contributed by atoms with Crippen molar-refractivity contribution in [2.24, 2.45) is 5.92 Å². The van der Waals surface area contributed by atoms with E-state index >= 15 is 0 Å². The lowest BCUT2D eigenvalue weighted by Gasteiger charge is -2.07. The molecule has 92 valence electrons. The van der Waals surface area contributed by atoms with Gasteiger partial charge < -0.3 is 4.74 Å². The van der Waals surface area contributed by atoms with Crippen molar-refractivity contribution in [2.75, 3.05) is 0 Å². The van der Waals surface area contributed by atoms with E-state index in [1.165, 1.54) is 0 Å². The summed E-state index contributed by atoms with van der Waals surface area (Å²) in [7, 11) is 0. The monoisotopic (exact) mass is 241 g/mol. The largest absolute Gasteiger partial charge is 0.457 e. The molecule has 1 aromatic carbocycles. The zero-order valence-electron chi connectivity index (χ0n) is 10.5. The first-order valence-corrected chi connectivity index (χ1v) is 5.90. The fourth-order valence-electron chi connectivity index (χ4n) is 1.53. The molecule has 1 aromatic heterocycles. The van der Waals surface area contributed by atoms with Crippen molar-refractivity contribution in [1.82, 2.24) is 4.98 Å². The Labute approximate surface area is 106 Å². The van der Waals surface area contributed by atoms with Gasteiger partial charge in [-0.3, -0.25) is 9.78 Å². The summed E-state index contributed by atoms with van der Waals surface area (Å²) in [6.07, 6.45) is 1.59. The van der Waals surface area contributed by atoms with Gasteiger partial charge in [-0.1, -0.05) is 32.0 Å². The van der Waals surface area contributed by atoms with E-state index in [1.54, 1.807) is 18.3 Å². The van der Waals surface area contributed by atoms with E-state index in [4.69, 9.17) is 4.74 Å². The number of pyridine rings is 1. The predicted molar refractivity (Wildman–Crippen MR) is 69.9 cm³/mol.